The summed E-state index contributed by atoms with van der Waals surface area (Å²) in [6.45, 7) is 2.33. The Morgan fingerprint density at radius 1 is 0.935 bits per heavy atom. The number of ether oxygens (including phenoxy) is 1. The molecule has 2 aromatic carbocycles. The van der Waals surface area contributed by atoms with Crippen LogP contribution in [0.5, 0.6) is 5.75 Å². The zero-order chi connectivity index (χ0) is 21.2. The van der Waals surface area contributed by atoms with E-state index in [2.05, 4.69) is 15.2 Å². The van der Waals surface area contributed by atoms with Crippen LogP contribution >= 0.6 is 11.8 Å². The lowest BCUT2D eigenvalue weighted by atomic mass is 10.2. The van der Waals surface area contributed by atoms with Crippen LogP contribution in [-0.2, 0) is 13.7 Å². The predicted octanol–water partition coefficient (Wildman–Crippen LogP) is 4.59. The van der Waals surface area contributed by atoms with Gasteiger partial charge in [-0.1, -0.05) is 36.4 Å². The molecular formula is C23H20N6OS. The van der Waals surface area contributed by atoms with Gasteiger partial charge in [-0.2, -0.15) is 0 Å². The van der Waals surface area contributed by atoms with Crippen LogP contribution in [0, 0.1) is 6.92 Å². The molecule has 0 saturated carbocycles. The monoisotopic (exact) mass is 428 g/mol. The van der Waals surface area contributed by atoms with Crippen molar-refractivity contribution in [2.24, 2.45) is 7.05 Å². The van der Waals surface area contributed by atoms with E-state index in [0.717, 1.165) is 44.2 Å². The Labute approximate surface area is 183 Å². The van der Waals surface area contributed by atoms with Gasteiger partial charge in [-0.15, -0.1) is 10.2 Å². The molecule has 0 aliphatic carbocycles. The van der Waals surface area contributed by atoms with E-state index in [0.29, 0.717) is 6.61 Å². The van der Waals surface area contributed by atoms with Gasteiger partial charge in [0.25, 0.3) is 0 Å². The molecule has 0 spiro atoms. The summed E-state index contributed by atoms with van der Waals surface area (Å²) >= 11 is 1.46. The fourth-order valence-electron chi connectivity index (χ4n) is 3.36. The first-order chi connectivity index (χ1) is 15.2. The molecule has 0 aliphatic heterocycles. The first-order valence-electron chi connectivity index (χ1n) is 9.83. The van der Waals surface area contributed by atoms with E-state index in [4.69, 9.17) is 9.72 Å². The Bertz CT molecular complexity index is 1340. The molecule has 0 atom stereocenters. The lowest BCUT2D eigenvalue weighted by Gasteiger charge is -2.12. The van der Waals surface area contributed by atoms with Gasteiger partial charge in [-0.05, 0) is 48.5 Å². The maximum absolute atomic E-state index is 6.06. The highest BCUT2D eigenvalue weighted by molar-refractivity contribution is 7.99. The smallest absolute Gasteiger partial charge is 0.203 e. The largest absolute Gasteiger partial charge is 0.485 e. The number of para-hydroxylation sites is 2. The molecule has 5 aromatic rings. The van der Waals surface area contributed by atoms with Crippen LogP contribution in [0.2, 0.25) is 0 Å². The normalized spacial score (nSPS) is 11.2. The lowest BCUT2D eigenvalue weighted by molar-refractivity contribution is 0.291. The first-order valence-corrected chi connectivity index (χ1v) is 10.6. The van der Waals surface area contributed by atoms with Gasteiger partial charge in [0.05, 0.1) is 11.7 Å². The van der Waals surface area contributed by atoms with E-state index < -0.39 is 0 Å². The number of fused-ring (bicyclic) bond motifs is 1. The Morgan fingerprint density at radius 2 is 1.74 bits per heavy atom. The Morgan fingerprint density at radius 3 is 2.55 bits per heavy atom. The summed E-state index contributed by atoms with van der Waals surface area (Å²) in [5.74, 6) is 1.56. The third-order valence-electron chi connectivity index (χ3n) is 4.99. The van der Waals surface area contributed by atoms with Crippen LogP contribution in [0.25, 0.3) is 16.7 Å². The van der Waals surface area contributed by atoms with Gasteiger partial charge in [-0.25, -0.2) is 4.98 Å². The van der Waals surface area contributed by atoms with Crippen LogP contribution in [-0.4, -0.2) is 29.3 Å². The number of imidazole rings is 1. The number of hydrogen-bond donors (Lipinski definition) is 0. The number of pyridine rings is 1. The quantitative estimate of drug-likeness (QED) is 0.394. The molecule has 0 aliphatic rings. The van der Waals surface area contributed by atoms with Gasteiger partial charge in [0.15, 0.2) is 11.0 Å². The molecule has 0 bridgehead atoms. The van der Waals surface area contributed by atoms with E-state index >= 15 is 0 Å². The second kappa shape index (κ2) is 8.23. The van der Waals surface area contributed by atoms with Crippen molar-refractivity contribution < 1.29 is 4.74 Å². The van der Waals surface area contributed by atoms with Crippen molar-refractivity contribution in [2.45, 2.75) is 23.8 Å². The standard InChI is InChI=1S/C23H20N6OS/c1-16-8-6-7-11-20(16)30-15-21-26-27-23(29(21)17-9-4-3-5-10-17)31-22-25-18-14-24-13-12-19(18)28(22)2/h3-14H,15H2,1-2H3. The van der Waals surface area contributed by atoms with Crippen LogP contribution in [0.3, 0.4) is 0 Å². The Hall–Kier alpha value is -3.65. The zero-order valence-electron chi connectivity index (χ0n) is 17.1. The zero-order valence-corrected chi connectivity index (χ0v) is 18.0. The van der Waals surface area contributed by atoms with Crippen molar-refractivity contribution in [2.75, 3.05) is 0 Å². The maximum Gasteiger partial charge on any atom is 0.203 e. The van der Waals surface area contributed by atoms with E-state index in [1.165, 1.54) is 11.8 Å². The van der Waals surface area contributed by atoms with Gasteiger partial charge in [0.2, 0.25) is 5.16 Å². The van der Waals surface area contributed by atoms with Crippen LogP contribution in [0.15, 0.2) is 83.4 Å². The number of aryl methyl sites for hydroxylation is 2. The fourth-order valence-corrected chi connectivity index (χ4v) is 4.29. The summed E-state index contributed by atoms with van der Waals surface area (Å²) in [5, 5.41) is 10.4. The van der Waals surface area contributed by atoms with Crippen molar-refractivity contribution in [3.05, 3.63) is 84.4 Å². The minimum atomic E-state index is 0.305. The molecular weight excluding hydrogens is 408 g/mol. The van der Waals surface area contributed by atoms with Crippen LogP contribution < -0.4 is 4.74 Å². The first kappa shape index (κ1) is 19.3. The van der Waals surface area contributed by atoms with Crippen molar-refractivity contribution in [3.8, 4) is 11.4 Å². The summed E-state index contributed by atoms with van der Waals surface area (Å²) in [5.41, 5.74) is 3.92. The third kappa shape index (κ3) is 3.77. The number of rotatable bonds is 6. The number of aromatic nitrogens is 6. The number of benzene rings is 2. The average molecular weight is 429 g/mol. The molecule has 0 saturated heterocycles. The van der Waals surface area contributed by atoms with E-state index in [-0.39, 0.29) is 0 Å². The van der Waals surface area contributed by atoms with E-state index in [1.54, 1.807) is 12.4 Å². The van der Waals surface area contributed by atoms with Gasteiger partial charge in [0, 0.05) is 18.9 Å². The fraction of sp³-hybridized carbons (Fsp3) is 0.130. The van der Waals surface area contributed by atoms with Crippen molar-refractivity contribution >= 4 is 22.8 Å². The SMILES string of the molecule is Cc1ccccc1OCc1nnc(Sc2nc3cnccc3n2C)n1-c1ccccc1. The summed E-state index contributed by atoms with van der Waals surface area (Å²) in [4.78, 5) is 8.88. The Balaban J connectivity index is 1.51. The highest BCUT2D eigenvalue weighted by Gasteiger charge is 2.19. The highest BCUT2D eigenvalue weighted by atomic mass is 32.2. The number of hydrogen-bond acceptors (Lipinski definition) is 6. The van der Waals surface area contributed by atoms with Gasteiger partial charge < -0.3 is 9.30 Å². The minimum absolute atomic E-state index is 0.305. The molecule has 0 amide bonds. The molecule has 0 fully saturated rings. The molecule has 0 N–H and O–H groups in total. The Kier molecular flexibility index (Phi) is 5.13. The second-order valence-electron chi connectivity index (χ2n) is 7.04. The average Bonchev–Trinajstić information content (AvgIpc) is 3.35. The van der Waals surface area contributed by atoms with Crippen LogP contribution in [0.1, 0.15) is 11.4 Å². The van der Waals surface area contributed by atoms with Gasteiger partial charge >= 0.3 is 0 Å². The van der Waals surface area contributed by atoms with Crippen molar-refractivity contribution in [1.29, 1.82) is 0 Å². The summed E-state index contributed by atoms with van der Waals surface area (Å²) in [6.07, 6.45) is 3.54. The molecule has 31 heavy (non-hydrogen) atoms. The summed E-state index contributed by atoms with van der Waals surface area (Å²) in [7, 11) is 1.99. The molecule has 5 rings (SSSR count). The highest BCUT2D eigenvalue weighted by Crippen LogP contribution is 2.30. The summed E-state index contributed by atoms with van der Waals surface area (Å²) < 4.78 is 10.1. The lowest BCUT2D eigenvalue weighted by Crippen LogP contribution is -2.07. The molecule has 0 radical (unpaired) electrons. The summed E-state index contributed by atoms with van der Waals surface area (Å²) in [6, 6.07) is 19.9. The number of nitrogens with zero attached hydrogens (tertiary/aromatic N) is 6. The second-order valence-corrected chi connectivity index (χ2v) is 7.98. The topological polar surface area (TPSA) is 70.7 Å². The predicted molar refractivity (Wildman–Crippen MR) is 120 cm³/mol. The van der Waals surface area contributed by atoms with Crippen molar-refractivity contribution in [1.82, 2.24) is 29.3 Å². The molecule has 3 aromatic heterocycles. The molecule has 8 heteroatoms. The molecule has 3 heterocycles. The van der Waals surface area contributed by atoms with Gasteiger partial charge in [0.1, 0.15) is 17.9 Å². The van der Waals surface area contributed by atoms with E-state index in [9.17, 15) is 0 Å². The van der Waals surface area contributed by atoms with Crippen molar-refractivity contribution in [3.63, 3.8) is 0 Å². The molecule has 154 valence electrons. The minimum Gasteiger partial charge on any atom is -0.485 e. The third-order valence-corrected chi connectivity index (χ3v) is 5.98. The van der Waals surface area contributed by atoms with E-state index in [1.807, 2.05) is 83.8 Å². The van der Waals surface area contributed by atoms with Gasteiger partial charge in [-0.3, -0.25) is 9.55 Å². The van der Waals surface area contributed by atoms with Crippen LogP contribution in [0.4, 0.5) is 0 Å². The molecule has 7 nitrogen and oxygen atoms in total. The maximum atomic E-state index is 6.06. The molecule has 0 unspecified atom stereocenters.